The van der Waals surface area contributed by atoms with Gasteiger partial charge in [-0.15, -0.1) is 0 Å². The Labute approximate surface area is 91.5 Å². The molecule has 0 atom stereocenters. The van der Waals surface area contributed by atoms with Crippen molar-refractivity contribution < 1.29 is 8.78 Å². The lowest BCUT2D eigenvalue weighted by Gasteiger charge is -2.07. The Morgan fingerprint density at radius 1 is 1.12 bits per heavy atom. The third-order valence-corrected chi connectivity index (χ3v) is 2.26. The first-order chi connectivity index (χ1) is 7.49. The maximum atomic E-state index is 13.6. The van der Waals surface area contributed by atoms with E-state index in [4.69, 9.17) is 5.73 Å². The highest BCUT2D eigenvalue weighted by molar-refractivity contribution is 5.48. The van der Waals surface area contributed by atoms with Crippen LogP contribution in [0.5, 0.6) is 0 Å². The Balaban J connectivity index is 2.69. The van der Waals surface area contributed by atoms with Crippen LogP contribution in [0.15, 0.2) is 18.2 Å². The maximum absolute atomic E-state index is 13.6. The van der Waals surface area contributed by atoms with Crippen molar-refractivity contribution in [1.82, 2.24) is 9.78 Å². The normalized spacial score (nSPS) is 10.8. The van der Waals surface area contributed by atoms with Crippen LogP contribution in [0.25, 0.3) is 5.69 Å². The Hall–Kier alpha value is -1.91. The number of aryl methyl sites for hydroxylation is 2. The molecule has 16 heavy (non-hydrogen) atoms. The van der Waals surface area contributed by atoms with E-state index in [0.29, 0.717) is 11.4 Å². The van der Waals surface area contributed by atoms with Crippen molar-refractivity contribution in [3.8, 4) is 5.69 Å². The highest BCUT2D eigenvalue weighted by Gasteiger charge is 2.15. The summed E-state index contributed by atoms with van der Waals surface area (Å²) in [5.41, 5.74) is 6.57. The smallest absolute Gasteiger partial charge is 0.153 e. The van der Waals surface area contributed by atoms with E-state index in [-0.39, 0.29) is 11.4 Å². The molecule has 0 aliphatic rings. The molecule has 0 aliphatic heterocycles. The molecule has 0 unspecified atom stereocenters. The second-order valence-corrected chi connectivity index (χ2v) is 3.67. The first-order valence-corrected chi connectivity index (χ1v) is 4.77. The van der Waals surface area contributed by atoms with Gasteiger partial charge in [-0.1, -0.05) is 0 Å². The van der Waals surface area contributed by atoms with Gasteiger partial charge in [0, 0.05) is 11.4 Å². The van der Waals surface area contributed by atoms with Gasteiger partial charge in [-0.25, -0.2) is 13.5 Å². The van der Waals surface area contributed by atoms with Crippen molar-refractivity contribution in [3.63, 3.8) is 0 Å². The number of anilines is 1. The number of hydrogen-bond donors (Lipinski definition) is 1. The molecule has 0 spiro atoms. The molecule has 0 saturated heterocycles. The second kappa shape index (κ2) is 3.59. The highest BCUT2D eigenvalue weighted by Crippen LogP contribution is 2.22. The number of nitrogen functional groups attached to an aromatic ring is 1. The summed E-state index contributed by atoms with van der Waals surface area (Å²) in [4.78, 5) is 0. The van der Waals surface area contributed by atoms with Crippen LogP contribution in [0.4, 0.5) is 14.5 Å². The van der Waals surface area contributed by atoms with Crippen molar-refractivity contribution in [2.75, 3.05) is 5.73 Å². The van der Waals surface area contributed by atoms with E-state index in [1.54, 1.807) is 19.9 Å². The summed E-state index contributed by atoms with van der Waals surface area (Å²) in [5.74, 6) is -1.44. The molecule has 84 valence electrons. The fourth-order valence-corrected chi connectivity index (χ4v) is 1.64. The number of nitrogens with zero attached hydrogens (tertiary/aromatic N) is 2. The van der Waals surface area contributed by atoms with E-state index in [2.05, 4.69) is 5.10 Å². The van der Waals surface area contributed by atoms with Gasteiger partial charge in [-0.2, -0.15) is 5.10 Å². The average Bonchev–Trinajstić information content (AvgIpc) is 2.43. The standard InChI is InChI=1S/C11H11F2N3/c1-6-3-7(2)16(15-6)11-9(12)4-8(14)5-10(11)13/h3-5H,14H2,1-2H3. The predicted octanol–water partition coefficient (Wildman–Crippen LogP) is 2.35. The molecule has 0 fully saturated rings. The van der Waals surface area contributed by atoms with Crippen LogP contribution in [-0.4, -0.2) is 9.78 Å². The molecule has 2 aromatic rings. The van der Waals surface area contributed by atoms with Crippen LogP contribution in [0.3, 0.4) is 0 Å². The second-order valence-electron chi connectivity index (χ2n) is 3.67. The number of hydrogen-bond acceptors (Lipinski definition) is 2. The SMILES string of the molecule is Cc1cc(C)n(-c2c(F)cc(N)cc2F)n1. The van der Waals surface area contributed by atoms with Crippen molar-refractivity contribution in [2.45, 2.75) is 13.8 Å². The highest BCUT2D eigenvalue weighted by atomic mass is 19.1. The molecule has 0 amide bonds. The number of rotatable bonds is 1. The lowest BCUT2D eigenvalue weighted by molar-refractivity contribution is 0.558. The maximum Gasteiger partial charge on any atom is 0.153 e. The van der Waals surface area contributed by atoms with E-state index < -0.39 is 11.6 Å². The third-order valence-electron chi connectivity index (χ3n) is 2.26. The minimum atomic E-state index is -0.719. The summed E-state index contributed by atoms with van der Waals surface area (Å²) in [6, 6.07) is 3.90. The molecule has 1 aromatic carbocycles. The zero-order valence-corrected chi connectivity index (χ0v) is 8.96. The summed E-state index contributed by atoms with van der Waals surface area (Å²) >= 11 is 0. The van der Waals surface area contributed by atoms with Crippen molar-refractivity contribution in [2.24, 2.45) is 0 Å². The summed E-state index contributed by atoms with van der Waals surface area (Å²) < 4.78 is 28.4. The van der Waals surface area contributed by atoms with Crippen molar-refractivity contribution >= 4 is 5.69 Å². The largest absolute Gasteiger partial charge is 0.399 e. The molecule has 0 aliphatic carbocycles. The van der Waals surface area contributed by atoms with Gasteiger partial charge >= 0.3 is 0 Å². The fourth-order valence-electron chi connectivity index (χ4n) is 1.64. The number of benzene rings is 1. The van der Waals surface area contributed by atoms with Crippen LogP contribution in [0.1, 0.15) is 11.4 Å². The number of halogens is 2. The Kier molecular flexibility index (Phi) is 2.38. The molecule has 1 heterocycles. The lowest BCUT2D eigenvalue weighted by Crippen LogP contribution is -2.06. The van der Waals surface area contributed by atoms with Crippen LogP contribution in [0.2, 0.25) is 0 Å². The van der Waals surface area contributed by atoms with Crippen LogP contribution in [-0.2, 0) is 0 Å². The monoisotopic (exact) mass is 223 g/mol. The number of aromatic nitrogens is 2. The molecule has 0 saturated carbocycles. The van der Waals surface area contributed by atoms with Crippen molar-refractivity contribution in [3.05, 3.63) is 41.2 Å². The molecule has 2 N–H and O–H groups in total. The topological polar surface area (TPSA) is 43.8 Å². The van der Waals surface area contributed by atoms with Gasteiger partial charge in [0.05, 0.1) is 5.69 Å². The predicted molar refractivity (Wildman–Crippen MR) is 57.4 cm³/mol. The van der Waals surface area contributed by atoms with E-state index in [1.165, 1.54) is 4.68 Å². The average molecular weight is 223 g/mol. The van der Waals surface area contributed by atoms with Gasteiger partial charge in [-0.05, 0) is 32.0 Å². The van der Waals surface area contributed by atoms with Crippen LogP contribution in [0, 0.1) is 25.5 Å². The molecule has 2 rings (SSSR count). The molecule has 1 aromatic heterocycles. The Morgan fingerprint density at radius 3 is 2.12 bits per heavy atom. The first-order valence-electron chi connectivity index (χ1n) is 4.77. The molecular weight excluding hydrogens is 212 g/mol. The van der Waals surface area contributed by atoms with Gasteiger partial charge in [0.25, 0.3) is 0 Å². The Bertz CT molecular complexity index is 523. The zero-order valence-electron chi connectivity index (χ0n) is 8.96. The van der Waals surface area contributed by atoms with E-state index >= 15 is 0 Å². The third kappa shape index (κ3) is 1.64. The Morgan fingerprint density at radius 2 is 1.69 bits per heavy atom. The summed E-state index contributed by atoms with van der Waals surface area (Å²) in [6.45, 7) is 3.49. The number of nitrogens with two attached hydrogens (primary N) is 1. The van der Waals surface area contributed by atoms with E-state index in [0.717, 1.165) is 12.1 Å². The van der Waals surface area contributed by atoms with E-state index in [1.807, 2.05) is 0 Å². The van der Waals surface area contributed by atoms with Crippen molar-refractivity contribution in [1.29, 1.82) is 0 Å². The summed E-state index contributed by atoms with van der Waals surface area (Å²) in [5, 5.41) is 4.03. The summed E-state index contributed by atoms with van der Waals surface area (Å²) in [6.07, 6.45) is 0. The van der Waals surface area contributed by atoms with E-state index in [9.17, 15) is 8.78 Å². The summed E-state index contributed by atoms with van der Waals surface area (Å²) in [7, 11) is 0. The minimum Gasteiger partial charge on any atom is -0.399 e. The van der Waals surface area contributed by atoms with Gasteiger partial charge in [0.1, 0.15) is 5.69 Å². The molecule has 3 nitrogen and oxygen atoms in total. The van der Waals surface area contributed by atoms with Crippen LogP contribution >= 0.6 is 0 Å². The minimum absolute atomic E-state index is 0.0558. The quantitative estimate of drug-likeness (QED) is 0.754. The zero-order chi connectivity index (χ0) is 11.9. The van der Waals surface area contributed by atoms with Gasteiger partial charge < -0.3 is 5.73 Å². The lowest BCUT2D eigenvalue weighted by atomic mass is 10.2. The van der Waals surface area contributed by atoms with Crippen LogP contribution < -0.4 is 5.73 Å². The fraction of sp³-hybridized carbons (Fsp3) is 0.182. The molecule has 0 radical (unpaired) electrons. The molecular formula is C11H11F2N3. The first kappa shape index (κ1) is 10.6. The van der Waals surface area contributed by atoms with Gasteiger partial charge in [0.2, 0.25) is 0 Å². The van der Waals surface area contributed by atoms with Gasteiger partial charge in [-0.3, -0.25) is 0 Å². The molecule has 0 bridgehead atoms. The molecule has 5 heteroatoms. The van der Waals surface area contributed by atoms with Gasteiger partial charge in [0.15, 0.2) is 11.6 Å².